The van der Waals surface area contributed by atoms with Crippen molar-refractivity contribution in [2.24, 2.45) is 0 Å². The van der Waals surface area contributed by atoms with E-state index in [4.69, 9.17) is 16.0 Å². The number of benzene rings is 2. The van der Waals surface area contributed by atoms with Crippen LogP contribution in [0.5, 0.6) is 0 Å². The largest absolute Gasteiger partial charge is 0.450 e. The van der Waals surface area contributed by atoms with E-state index < -0.39 is 17.8 Å². The van der Waals surface area contributed by atoms with E-state index in [1.165, 1.54) is 12.1 Å². The smallest absolute Gasteiger partial charge is 0.290 e. The molecule has 0 saturated heterocycles. The van der Waals surface area contributed by atoms with Gasteiger partial charge in [-0.2, -0.15) is 0 Å². The van der Waals surface area contributed by atoms with Gasteiger partial charge in [0.05, 0.1) is 17.0 Å². The van der Waals surface area contributed by atoms with E-state index in [-0.39, 0.29) is 27.7 Å². The third-order valence-electron chi connectivity index (χ3n) is 5.90. The van der Waals surface area contributed by atoms with Crippen LogP contribution in [0.3, 0.4) is 0 Å². The molecule has 1 amide bonds. The number of carbonyl (C=O) groups excluding carboxylic acids is 1. The van der Waals surface area contributed by atoms with Crippen LogP contribution in [0.1, 0.15) is 48.0 Å². The molecule has 0 radical (unpaired) electrons. The lowest BCUT2D eigenvalue weighted by Crippen LogP contribution is -2.33. The SMILES string of the molecule is CCN(CC)CCCN1C(=O)c2oc3ccc(Cl)cc3c(=O)c2C1c1ccccc1F. The Bertz CT molecular complexity index is 1190. The lowest BCUT2D eigenvalue weighted by atomic mass is 9.98. The summed E-state index contributed by atoms with van der Waals surface area (Å²) >= 11 is 6.08. The summed E-state index contributed by atoms with van der Waals surface area (Å²) in [6, 6.07) is 10.1. The number of hydrogen-bond acceptors (Lipinski definition) is 4. The zero-order valence-electron chi connectivity index (χ0n) is 17.5. The van der Waals surface area contributed by atoms with Crippen molar-refractivity contribution in [3.8, 4) is 0 Å². The normalized spacial score (nSPS) is 15.8. The van der Waals surface area contributed by atoms with Crippen LogP contribution in [0.4, 0.5) is 4.39 Å². The monoisotopic (exact) mass is 442 g/mol. The zero-order chi connectivity index (χ0) is 22.1. The third kappa shape index (κ3) is 3.86. The summed E-state index contributed by atoms with van der Waals surface area (Å²) in [6.07, 6.45) is 0.700. The van der Waals surface area contributed by atoms with Gasteiger partial charge in [-0.1, -0.05) is 43.6 Å². The van der Waals surface area contributed by atoms with Crippen LogP contribution in [-0.4, -0.2) is 41.9 Å². The van der Waals surface area contributed by atoms with E-state index in [2.05, 4.69) is 18.7 Å². The van der Waals surface area contributed by atoms with Crippen LogP contribution in [0.25, 0.3) is 11.0 Å². The number of carbonyl (C=O) groups is 1. The van der Waals surface area contributed by atoms with E-state index in [9.17, 15) is 14.0 Å². The van der Waals surface area contributed by atoms with Crippen molar-refractivity contribution >= 4 is 28.5 Å². The van der Waals surface area contributed by atoms with Crippen LogP contribution >= 0.6 is 11.6 Å². The lowest BCUT2D eigenvalue weighted by molar-refractivity contribution is 0.0718. The van der Waals surface area contributed by atoms with Gasteiger partial charge in [0.25, 0.3) is 5.91 Å². The molecule has 0 aliphatic carbocycles. The first-order valence-electron chi connectivity index (χ1n) is 10.5. The summed E-state index contributed by atoms with van der Waals surface area (Å²) in [6.45, 7) is 7.18. The van der Waals surface area contributed by atoms with Crippen LogP contribution in [-0.2, 0) is 0 Å². The number of fused-ring (bicyclic) bond motifs is 2. The Kier molecular flexibility index (Phi) is 6.12. The average Bonchev–Trinajstić information content (AvgIpc) is 3.04. The van der Waals surface area contributed by atoms with E-state index in [0.717, 1.165) is 19.6 Å². The fraction of sp³-hybridized carbons (Fsp3) is 0.333. The zero-order valence-corrected chi connectivity index (χ0v) is 18.3. The number of rotatable bonds is 7. The highest BCUT2D eigenvalue weighted by Crippen LogP contribution is 2.39. The second kappa shape index (κ2) is 8.81. The molecule has 1 aliphatic rings. The van der Waals surface area contributed by atoms with E-state index in [1.54, 1.807) is 35.2 Å². The highest BCUT2D eigenvalue weighted by Gasteiger charge is 2.43. The van der Waals surface area contributed by atoms with E-state index >= 15 is 0 Å². The van der Waals surface area contributed by atoms with Crippen molar-refractivity contribution in [3.63, 3.8) is 0 Å². The molecule has 162 valence electrons. The molecule has 1 aromatic heterocycles. The van der Waals surface area contributed by atoms with Crippen LogP contribution in [0.2, 0.25) is 5.02 Å². The van der Waals surface area contributed by atoms with Gasteiger partial charge in [-0.3, -0.25) is 9.59 Å². The molecule has 0 N–H and O–H groups in total. The van der Waals surface area contributed by atoms with Gasteiger partial charge in [0.2, 0.25) is 5.76 Å². The second-order valence-corrected chi connectivity index (χ2v) is 8.05. The Labute approximate surface area is 185 Å². The van der Waals surface area contributed by atoms with Crippen LogP contribution in [0, 0.1) is 5.82 Å². The molecule has 1 aliphatic heterocycles. The Morgan fingerprint density at radius 1 is 1.13 bits per heavy atom. The fourth-order valence-corrected chi connectivity index (χ4v) is 4.42. The first kappa shape index (κ1) is 21.5. The molecule has 0 fully saturated rings. The van der Waals surface area contributed by atoms with Crippen LogP contribution < -0.4 is 5.43 Å². The van der Waals surface area contributed by atoms with Crippen molar-refractivity contribution in [2.75, 3.05) is 26.2 Å². The molecule has 7 heteroatoms. The summed E-state index contributed by atoms with van der Waals surface area (Å²) in [7, 11) is 0. The summed E-state index contributed by atoms with van der Waals surface area (Å²) < 4.78 is 20.7. The molecule has 4 rings (SSSR count). The predicted molar refractivity (Wildman–Crippen MR) is 119 cm³/mol. The van der Waals surface area contributed by atoms with Crippen LogP contribution in [0.15, 0.2) is 51.7 Å². The molecular formula is C24H24ClFN2O3. The van der Waals surface area contributed by atoms with Gasteiger partial charge >= 0.3 is 0 Å². The van der Waals surface area contributed by atoms with Gasteiger partial charge in [0, 0.05) is 17.1 Å². The summed E-state index contributed by atoms with van der Waals surface area (Å²) in [5.74, 6) is -0.875. The molecule has 5 nitrogen and oxygen atoms in total. The highest BCUT2D eigenvalue weighted by atomic mass is 35.5. The van der Waals surface area contributed by atoms with Gasteiger partial charge in [0.1, 0.15) is 11.4 Å². The average molecular weight is 443 g/mol. The number of amides is 1. The molecule has 0 bridgehead atoms. The van der Waals surface area contributed by atoms with Gasteiger partial charge in [-0.15, -0.1) is 0 Å². The van der Waals surface area contributed by atoms with Crippen molar-refractivity contribution < 1.29 is 13.6 Å². The second-order valence-electron chi connectivity index (χ2n) is 7.62. The first-order valence-corrected chi connectivity index (χ1v) is 10.9. The summed E-state index contributed by atoms with van der Waals surface area (Å²) in [5, 5.41) is 0.674. The van der Waals surface area contributed by atoms with Crippen molar-refractivity contribution in [2.45, 2.75) is 26.3 Å². The fourth-order valence-electron chi connectivity index (χ4n) is 4.25. The van der Waals surface area contributed by atoms with Gasteiger partial charge in [-0.25, -0.2) is 4.39 Å². The summed E-state index contributed by atoms with van der Waals surface area (Å²) in [4.78, 5) is 30.5. The molecule has 1 unspecified atom stereocenters. The quantitative estimate of drug-likeness (QED) is 0.524. The van der Waals surface area contributed by atoms with Gasteiger partial charge in [-0.05, 0) is 50.3 Å². The maximum absolute atomic E-state index is 14.8. The maximum atomic E-state index is 14.8. The Balaban J connectivity index is 1.82. The molecule has 2 aromatic carbocycles. The molecular weight excluding hydrogens is 419 g/mol. The van der Waals surface area contributed by atoms with Crippen molar-refractivity contribution in [1.82, 2.24) is 9.80 Å². The highest BCUT2D eigenvalue weighted by molar-refractivity contribution is 6.31. The molecule has 3 aromatic rings. The minimum atomic E-state index is -0.833. The summed E-state index contributed by atoms with van der Waals surface area (Å²) in [5.41, 5.74) is 0.393. The predicted octanol–water partition coefficient (Wildman–Crippen LogP) is 4.86. The lowest BCUT2D eigenvalue weighted by Gasteiger charge is -2.26. The third-order valence-corrected chi connectivity index (χ3v) is 6.13. The topological polar surface area (TPSA) is 53.8 Å². The maximum Gasteiger partial charge on any atom is 0.290 e. The minimum Gasteiger partial charge on any atom is -0.450 e. The molecule has 1 atom stereocenters. The van der Waals surface area contributed by atoms with Gasteiger partial charge < -0.3 is 14.2 Å². The minimum absolute atomic E-state index is 0.0177. The molecule has 31 heavy (non-hydrogen) atoms. The Morgan fingerprint density at radius 3 is 2.58 bits per heavy atom. The first-order chi connectivity index (χ1) is 15.0. The Hall–Kier alpha value is -2.70. The van der Waals surface area contributed by atoms with E-state index in [0.29, 0.717) is 23.6 Å². The van der Waals surface area contributed by atoms with Gasteiger partial charge in [0.15, 0.2) is 5.43 Å². The number of nitrogens with zero attached hydrogens (tertiary/aromatic N) is 2. The molecule has 0 saturated carbocycles. The number of halogens is 2. The standard InChI is InChI=1S/C24H24ClFN2O3/c1-3-27(4-2)12-7-13-28-21(16-8-5-6-9-18(16)26)20-22(29)17-14-15(25)10-11-19(17)31-23(20)24(28)30/h5-6,8-11,14,21H,3-4,7,12-13H2,1-2H3. The van der Waals surface area contributed by atoms with E-state index in [1.807, 2.05) is 0 Å². The molecule has 2 heterocycles. The number of hydrogen-bond donors (Lipinski definition) is 0. The van der Waals surface area contributed by atoms with Crippen molar-refractivity contribution in [3.05, 3.63) is 80.4 Å². The van der Waals surface area contributed by atoms with Crippen molar-refractivity contribution in [1.29, 1.82) is 0 Å². The Morgan fingerprint density at radius 2 is 1.87 bits per heavy atom. The molecule has 0 spiro atoms.